The summed E-state index contributed by atoms with van der Waals surface area (Å²) in [7, 11) is 3.88. The van der Waals surface area contributed by atoms with Crippen molar-refractivity contribution in [3.63, 3.8) is 0 Å². The summed E-state index contributed by atoms with van der Waals surface area (Å²) in [4.78, 5) is 14.6. The van der Waals surface area contributed by atoms with E-state index < -0.39 is 12.2 Å². The molecule has 1 aliphatic rings. The van der Waals surface area contributed by atoms with Crippen LogP contribution in [0.3, 0.4) is 0 Å². The van der Waals surface area contributed by atoms with E-state index in [4.69, 9.17) is 0 Å². The van der Waals surface area contributed by atoms with Gasteiger partial charge in [0.15, 0.2) is 0 Å². The number of carboxylic acid groups (broad SMARTS) is 1. The largest absolute Gasteiger partial charge is 0.465 e. The highest BCUT2D eigenvalue weighted by Gasteiger charge is 2.48. The maximum Gasteiger partial charge on any atom is 0.407 e. The maximum atomic E-state index is 11.2. The summed E-state index contributed by atoms with van der Waals surface area (Å²) in [6, 6.07) is -0.141. The van der Waals surface area contributed by atoms with E-state index in [1.165, 1.54) is 4.90 Å². The van der Waals surface area contributed by atoms with E-state index in [1.807, 2.05) is 39.8 Å². The second-order valence-corrected chi connectivity index (χ2v) is 6.24. The molecule has 1 saturated heterocycles. The van der Waals surface area contributed by atoms with Crippen molar-refractivity contribution >= 4 is 6.09 Å². The Balaban J connectivity index is 2.97. The summed E-state index contributed by atoms with van der Waals surface area (Å²) in [6.07, 6.45) is -1.51. The number of hydrogen-bond acceptors (Lipinski definition) is 3. The lowest BCUT2D eigenvalue weighted by molar-refractivity contribution is 0.0737. The molecule has 0 radical (unpaired) electrons. The van der Waals surface area contributed by atoms with Crippen LogP contribution < -0.4 is 0 Å². The van der Waals surface area contributed by atoms with E-state index in [0.29, 0.717) is 6.54 Å². The van der Waals surface area contributed by atoms with Gasteiger partial charge in [-0.05, 0) is 19.5 Å². The average Bonchev–Trinajstić information content (AvgIpc) is 2.42. The summed E-state index contributed by atoms with van der Waals surface area (Å²) in [6.45, 7) is 6.99. The summed E-state index contributed by atoms with van der Waals surface area (Å²) in [5, 5.41) is 19.3. The lowest BCUT2D eigenvalue weighted by atomic mass is 9.78. The Labute approximate surface area is 103 Å². The van der Waals surface area contributed by atoms with Gasteiger partial charge in [0.25, 0.3) is 0 Å². The van der Waals surface area contributed by atoms with E-state index >= 15 is 0 Å². The van der Waals surface area contributed by atoms with Gasteiger partial charge in [-0.15, -0.1) is 0 Å². The van der Waals surface area contributed by atoms with Gasteiger partial charge in [0.1, 0.15) is 0 Å². The molecule has 1 rings (SSSR count). The van der Waals surface area contributed by atoms with Crippen LogP contribution in [0.5, 0.6) is 0 Å². The van der Waals surface area contributed by atoms with Gasteiger partial charge in [0, 0.05) is 18.5 Å². The Hall–Kier alpha value is -0.810. The Bertz CT molecular complexity index is 286. The molecular weight excluding hydrogens is 220 g/mol. The van der Waals surface area contributed by atoms with Gasteiger partial charge in [-0.3, -0.25) is 0 Å². The molecule has 5 heteroatoms. The van der Waals surface area contributed by atoms with Crippen LogP contribution >= 0.6 is 0 Å². The predicted octanol–water partition coefficient (Wildman–Crippen LogP) is 0.933. The first-order valence-electron chi connectivity index (χ1n) is 5.97. The molecule has 1 fully saturated rings. The standard InChI is InChI=1S/C12H24N2O3/c1-12(2,3)10-8(6-13(4)5)9(15)7-14(10)11(16)17/h8-10,15H,6-7H2,1-5H3,(H,16,17). The van der Waals surface area contributed by atoms with E-state index in [-0.39, 0.29) is 23.9 Å². The Morgan fingerprint density at radius 1 is 1.41 bits per heavy atom. The summed E-state index contributed by atoms with van der Waals surface area (Å²) in [5.41, 5.74) is -0.170. The van der Waals surface area contributed by atoms with Gasteiger partial charge in [-0.2, -0.15) is 0 Å². The van der Waals surface area contributed by atoms with Crippen molar-refractivity contribution in [2.75, 3.05) is 27.2 Å². The molecule has 5 nitrogen and oxygen atoms in total. The predicted molar refractivity (Wildman–Crippen MR) is 66.0 cm³/mol. The number of aliphatic hydroxyl groups excluding tert-OH is 1. The minimum Gasteiger partial charge on any atom is -0.465 e. The first kappa shape index (κ1) is 14.3. The first-order valence-corrected chi connectivity index (χ1v) is 5.97. The molecule has 1 amide bonds. The first-order chi connectivity index (χ1) is 7.64. The lowest BCUT2D eigenvalue weighted by Crippen LogP contribution is -2.47. The molecule has 0 aliphatic carbocycles. The van der Waals surface area contributed by atoms with Crippen LogP contribution in [0.4, 0.5) is 4.79 Å². The van der Waals surface area contributed by atoms with Crippen molar-refractivity contribution < 1.29 is 15.0 Å². The van der Waals surface area contributed by atoms with Gasteiger partial charge >= 0.3 is 6.09 Å². The second-order valence-electron chi connectivity index (χ2n) is 6.24. The number of hydrogen-bond donors (Lipinski definition) is 2. The normalized spacial score (nSPS) is 30.1. The summed E-state index contributed by atoms with van der Waals surface area (Å²) < 4.78 is 0. The van der Waals surface area contributed by atoms with Crippen LogP contribution in [-0.4, -0.2) is 65.4 Å². The van der Waals surface area contributed by atoms with E-state index in [0.717, 1.165) is 0 Å². The number of β-amino-alcohol motifs (C(OH)–C–C–N with tert-alkyl or cyclic N) is 1. The number of aliphatic hydroxyl groups is 1. The quantitative estimate of drug-likeness (QED) is 0.758. The molecule has 3 atom stereocenters. The number of likely N-dealkylation sites (tertiary alicyclic amines) is 1. The van der Waals surface area contributed by atoms with Gasteiger partial charge in [0.2, 0.25) is 0 Å². The van der Waals surface area contributed by atoms with E-state index in [1.54, 1.807) is 0 Å². The highest BCUT2D eigenvalue weighted by Crippen LogP contribution is 2.37. The highest BCUT2D eigenvalue weighted by molar-refractivity contribution is 5.66. The zero-order valence-electron chi connectivity index (χ0n) is 11.3. The molecule has 0 saturated carbocycles. The molecule has 0 aromatic rings. The third kappa shape index (κ3) is 3.10. The molecule has 0 spiro atoms. The Morgan fingerprint density at radius 2 is 1.94 bits per heavy atom. The van der Waals surface area contributed by atoms with E-state index in [9.17, 15) is 15.0 Å². The lowest BCUT2D eigenvalue weighted by Gasteiger charge is -2.37. The molecule has 0 aromatic heterocycles. The number of nitrogens with zero attached hydrogens (tertiary/aromatic N) is 2. The fourth-order valence-electron chi connectivity index (χ4n) is 2.84. The van der Waals surface area contributed by atoms with Crippen LogP contribution in [0, 0.1) is 11.3 Å². The Morgan fingerprint density at radius 3 is 2.29 bits per heavy atom. The molecule has 17 heavy (non-hydrogen) atoms. The molecular formula is C12H24N2O3. The maximum absolute atomic E-state index is 11.2. The highest BCUT2D eigenvalue weighted by atomic mass is 16.4. The number of rotatable bonds is 2. The Kier molecular flexibility index (Phi) is 4.04. The van der Waals surface area contributed by atoms with Crippen LogP contribution in [0.25, 0.3) is 0 Å². The van der Waals surface area contributed by atoms with Gasteiger partial charge in [0.05, 0.1) is 12.6 Å². The number of carbonyl (C=O) groups is 1. The molecule has 100 valence electrons. The van der Waals surface area contributed by atoms with Crippen molar-refractivity contribution in [3.8, 4) is 0 Å². The molecule has 3 unspecified atom stereocenters. The summed E-state index contributed by atoms with van der Waals surface area (Å²) in [5.74, 6) is -0.0268. The van der Waals surface area contributed by atoms with E-state index in [2.05, 4.69) is 0 Å². The molecule has 1 heterocycles. The third-order valence-electron chi connectivity index (χ3n) is 3.33. The zero-order valence-corrected chi connectivity index (χ0v) is 11.3. The number of amides is 1. The van der Waals surface area contributed by atoms with Crippen molar-refractivity contribution in [1.29, 1.82) is 0 Å². The second kappa shape index (κ2) is 4.82. The van der Waals surface area contributed by atoms with Crippen molar-refractivity contribution in [2.45, 2.75) is 32.9 Å². The minimum absolute atomic E-state index is 0.0268. The minimum atomic E-state index is -0.940. The van der Waals surface area contributed by atoms with Crippen molar-refractivity contribution in [2.24, 2.45) is 11.3 Å². The molecule has 0 bridgehead atoms. The SMILES string of the molecule is CN(C)CC1C(O)CN(C(=O)O)C1C(C)(C)C. The molecule has 0 aromatic carbocycles. The van der Waals surface area contributed by atoms with Gasteiger partial charge in [-0.1, -0.05) is 20.8 Å². The average molecular weight is 244 g/mol. The zero-order chi connectivity index (χ0) is 13.4. The fraction of sp³-hybridized carbons (Fsp3) is 0.917. The van der Waals surface area contributed by atoms with Crippen molar-refractivity contribution in [3.05, 3.63) is 0 Å². The molecule has 1 aliphatic heterocycles. The van der Waals surface area contributed by atoms with Crippen LogP contribution in [0.15, 0.2) is 0 Å². The fourth-order valence-corrected chi connectivity index (χ4v) is 2.84. The smallest absolute Gasteiger partial charge is 0.407 e. The van der Waals surface area contributed by atoms with Gasteiger partial charge in [-0.25, -0.2) is 4.79 Å². The summed E-state index contributed by atoms with van der Waals surface area (Å²) >= 11 is 0. The van der Waals surface area contributed by atoms with Crippen LogP contribution in [-0.2, 0) is 0 Å². The topological polar surface area (TPSA) is 64.0 Å². The monoisotopic (exact) mass is 244 g/mol. The van der Waals surface area contributed by atoms with Crippen LogP contribution in [0.1, 0.15) is 20.8 Å². The van der Waals surface area contributed by atoms with Crippen molar-refractivity contribution in [1.82, 2.24) is 9.80 Å². The molecule has 2 N–H and O–H groups in total. The third-order valence-corrected chi connectivity index (χ3v) is 3.33. The van der Waals surface area contributed by atoms with Gasteiger partial charge < -0.3 is 20.0 Å². The van der Waals surface area contributed by atoms with Crippen LogP contribution in [0.2, 0.25) is 0 Å².